The number of carbonyl (C=O) groups excluding carboxylic acids is 2. The van der Waals surface area contributed by atoms with Crippen molar-refractivity contribution in [2.75, 3.05) is 17.2 Å². The molecule has 0 unspecified atom stereocenters. The molecule has 1 aliphatic carbocycles. The van der Waals surface area contributed by atoms with E-state index in [1.165, 1.54) is 19.3 Å². The number of rotatable bonds is 6. The molecule has 0 fully saturated rings. The molecular formula is C24H19N5O5S. The molecule has 0 radical (unpaired) electrons. The number of nitrogens with zero attached hydrogens (tertiary/aromatic N) is 3. The van der Waals surface area contributed by atoms with Gasteiger partial charge < -0.3 is 15.2 Å². The molecule has 2 heterocycles. The van der Waals surface area contributed by atoms with Crippen molar-refractivity contribution in [3.8, 4) is 11.1 Å². The fraction of sp³-hybridized carbons (Fsp3) is 0.125. The minimum Gasteiger partial charge on any atom is -0.477 e. The smallest absolute Gasteiger partial charge is 0.413 e. The number of carboxylic acid groups (broad SMARTS) is 1. The predicted molar refractivity (Wildman–Crippen MR) is 129 cm³/mol. The molecule has 3 N–H and O–H groups in total. The van der Waals surface area contributed by atoms with E-state index in [0.717, 1.165) is 38.3 Å². The van der Waals surface area contributed by atoms with Gasteiger partial charge >= 0.3 is 12.1 Å². The average molecular weight is 490 g/mol. The Kier molecular flexibility index (Phi) is 5.75. The van der Waals surface area contributed by atoms with Gasteiger partial charge in [0.2, 0.25) is 0 Å². The summed E-state index contributed by atoms with van der Waals surface area (Å²) >= 11 is 0.955. The second-order valence-electron chi connectivity index (χ2n) is 7.78. The number of benzene rings is 2. The van der Waals surface area contributed by atoms with Gasteiger partial charge in [-0.1, -0.05) is 59.9 Å². The van der Waals surface area contributed by atoms with Gasteiger partial charge in [-0.2, -0.15) is 5.10 Å². The summed E-state index contributed by atoms with van der Waals surface area (Å²) < 4.78 is 6.64. The summed E-state index contributed by atoms with van der Waals surface area (Å²) in [7, 11) is 1.46. The van der Waals surface area contributed by atoms with Gasteiger partial charge in [0.05, 0.1) is 6.20 Å². The Morgan fingerprint density at radius 1 is 1.06 bits per heavy atom. The molecule has 0 aliphatic heterocycles. The third-order valence-corrected chi connectivity index (χ3v) is 6.53. The van der Waals surface area contributed by atoms with Crippen LogP contribution in [-0.4, -0.2) is 44.4 Å². The molecule has 2 aromatic heterocycles. The SMILES string of the molecule is Cn1nc(NC(=O)c2cnc(NC(=O)OCC3c4ccccc4-c4ccccc43)s2)cc1C(=O)O. The number of aromatic carboxylic acids is 1. The van der Waals surface area contributed by atoms with E-state index in [9.17, 15) is 14.4 Å². The van der Waals surface area contributed by atoms with Crippen LogP contribution in [-0.2, 0) is 11.8 Å². The van der Waals surface area contributed by atoms with E-state index in [2.05, 4.69) is 32.8 Å². The van der Waals surface area contributed by atoms with E-state index in [0.29, 0.717) is 0 Å². The third kappa shape index (κ3) is 4.36. The molecule has 0 saturated carbocycles. The number of hydrogen-bond donors (Lipinski definition) is 3. The number of aromatic nitrogens is 3. The van der Waals surface area contributed by atoms with Crippen LogP contribution in [0.5, 0.6) is 0 Å². The van der Waals surface area contributed by atoms with E-state index >= 15 is 0 Å². The molecule has 11 heteroatoms. The maximum absolute atomic E-state index is 12.5. The van der Waals surface area contributed by atoms with Crippen molar-refractivity contribution in [2.45, 2.75) is 5.92 Å². The maximum atomic E-state index is 12.5. The highest BCUT2D eigenvalue weighted by atomic mass is 32.1. The second kappa shape index (κ2) is 9.03. The standard InChI is InChI=1S/C24H19N5O5S/c1-29-18(22(31)32)10-20(28-29)26-21(30)19-11-25-23(35-19)27-24(33)34-12-17-15-8-4-2-6-13(15)14-7-3-5-9-16(14)17/h2-11,17H,12H2,1H3,(H,31,32)(H,25,27,33)(H,26,28,30). The average Bonchev–Trinajstić information content (AvgIpc) is 3.54. The molecule has 2 amide bonds. The monoisotopic (exact) mass is 489 g/mol. The number of anilines is 2. The highest BCUT2D eigenvalue weighted by molar-refractivity contribution is 7.17. The molecular weight excluding hydrogens is 470 g/mol. The van der Waals surface area contributed by atoms with Gasteiger partial charge in [-0.05, 0) is 22.3 Å². The van der Waals surface area contributed by atoms with Crippen LogP contribution in [0.1, 0.15) is 37.2 Å². The molecule has 0 saturated heterocycles. The number of carboxylic acids is 1. The molecule has 0 spiro atoms. The van der Waals surface area contributed by atoms with Crippen molar-refractivity contribution < 1.29 is 24.2 Å². The normalized spacial score (nSPS) is 12.0. The fourth-order valence-electron chi connectivity index (χ4n) is 4.07. The number of thiazole rings is 1. The van der Waals surface area contributed by atoms with Crippen molar-refractivity contribution in [2.24, 2.45) is 7.05 Å². The second-order valence-corrected chi connectivity index (χ2v) is 8.81. The van der Waals surface area contributed by atoms with Crippen molar-refractivity contribution >= 4 is 40.3 Å². The number of fused-ring (bicyclic) bond motifs is 3. The van der Waals surface area contributed by atoms with Gasteiger partial charge in [-0.25, -0.2) is 14.6 Å². The molecule has 0 atom stereocenters. The fourth-order valence-corrected chi connectivity index (χ4v) is 4.76. The number of aryl methyl sites for hydroxylation is 1. The first-order valence-electron chi connectivity index (χ1n) is 10.6. The van der Waals surface area contributed by atoms with Crippen LogP contribution in [0.4, 0.5) is 15.7 Å². The zero-order chi connectivity index (χ0) is 24.5. The van der Waals surface area contributed by atoms with E-state index in [4.69, 9.17) is 9.84 Å². The number of amides is 2. The lowest BCUT2D eigenvalue weighted by Crippen LogP contribution is -2.17. The molecule has 0 bridgehead atoms. The first-order valence-corrected chi connectivity index (χ1v) is 11.4. The Balaban J connectivity index is 1.20. The van der Waals surface area contributed by atoms with E-state index in [-0.39, 0.29) is 34.0 Å². The Hall–Kier alpha value is -4.51. The largest absolute Gasteiger partial charge is 0.477 e. The summed E-state index contributed by atoms with van der Waals surface area (Å²) in [4.78, 5) is 40.3. The zero-order valence-electron chi connectivity index (χ0n) is 18.4. The van der Waals surface area contributed by atoms with Gasteiger partial charge in [-0.15, -0.1) is 0 Å². The van der Waals surface area contributed by atoms with Gasteiger partial charge in [-0.3, -0.25) is 14.8 Å². The number of carbonyl (C=O) groups is 3. The van der Waals surface area contributed by atoms with Crippen LogP contribution >= 0.6 is 11.3 Å². The van der Waals surface area contributed by atoms with Gasteiger partial charge in [0, 0.05) is 19.0 Å². The van der Waals surface area contributed by atoms with Crippen molar-refractivity contribution in [1.82, 2.24) is 14.8 Å². The summed E-state index contributed by atoms with van der Waals surface area (Å²) in [6.45, 7) is 0.157. The zero-order valence-corrected chi connectivity index (χ0v) is 19.2. The van der Waals surface area contributed by atoms with Crippen molar-refractivity contribution in [1.29, 1.82) is 0 Å². The van der Waals surface area contributed by atoms with Crippen LogP contribution in [0.15, 0.2) is 60.8 Å². The Bertz CT molecular complexity index is 1410. The Labute approximate surface area is 203 Å². The predicted octanol–water partition coefficient (Wildman–Crippen LogP) is 4.19. The Morgan fingerprint density at radius 3 is 2.34 bits per heavy atom. The lowest BCUT2D eigenvalue weighted by molar-refractivity contribution is 0.0684. The van der Waals surface area contributed by atoms with Crippen LogP contribution < -0.4 is 10.6 Å². The van der Waals surface area contributed by atoms with Crippen molar-refractivity contribution in [3.05, 3.63) is 82.5 Å². The van der Waals surface area contributed by atoms with Crippen molar-refractivity contribution in [3.63, 3.8) is 0 Å². The summed E-state index contributed by atoms with van der Waals surface area (Å²) in [6, 6.07) is 17.3. The summed E-state index contributed by atoms with van der Waals surface area (Å²) in [5.74, 6) is -1.67. The molecule has 5 rings (SSSR count). The Morgan fingerprint density at radius 2 is 1.71 bits per heavy atom. The first kappa shape index (κ1) is 22.3. The molecule has 35 heavy (non-hydrogen) atoms. The third-order valence-electron chi connectivity index (χ3n) is 5.62. The van der Waals surface area contributed by atoms with E-state index in [1.807, 2.05) is 36.4 Å². The topological polar surface area (TPSA) is 135 Å². The van der Waals surface area contributed by atoms with Crippen LogP contribution in [0, 0.1) is 0 Å². The lowest BCUT2D eigenvalue weighted by atomic mass is 9.98. The number of nitrogens with one attached hydrogen (secondary N) is 2. The van der Waals surface area contributed by atoms with Gasteiger partial charge in [0.15, 0.2) is 10.9 Å². The highest BCUT2D eigenvalue weighted by Crippen LogP contribution is 2.44. The minimum absolute atomic E-state index is 0.0674. The molecule has 1 aliphatic rings. The first-order chi connectivity index (χ1) is 16.9. The van der Waals surface area contributed by atoms with E-state index in [1.54, 1.807) is 0 Å². The molecule has 176 valence electrons. The lowest BCUT2D eigenvalue weighted by Gasteiger charge is -2.14. The van der Waals surface area contributed by atoms with Crippen LogP contribution in [0.3, 0.4) is 0 Å². The molecule has 4 aromatic rings. The summed E-state index contributed by atoms with van der Waals surface area (Å²) in [5, 5.41) is 18.3. The van der Waals surface area contributed by atoms with Crippen LogP contribution in [0.25, 0.3) is 11.1 Å². The number of hydrogen-bond acceptors (Lipinski definition) is 7. The minimum atomic E-state index is -1.16. The highest BCUT2D eigenvalue weighted by Gasteiger charge is 2.29. The van der Waals surface area contributed by atoms with Gasteiger partial charge in [0.1, 0.15) is 17.2 Å². The van der Waals surface area contributed by atoms with E-state index < -0.39 is 18.0 Å². The summed E-state index contributed by atoms with van der Waals surface area (Å²) in [6.07, 6.45) is 0.629. The van der Waals surface area contributed by atoms with Gasteiger partial charge in [0.25, 0.3) is 5.91 Å². The maximum Gasteiger partial charge on any atom is 0.413 e. The molecule has 10 nitrogen and oxygen atoms in total. The van der Waals surface area contributed by atoms with Crippen LogP contribution in [0.2, 0.25) is 0 Å². The summed E-state index contributed by atoms with van der Waals surface area (Å²) in [5.41, 5.74) is 4.42. The quantitative estimate of drug-likeness (QED) is 0.370. The number of ether oxygens (including phenoxy) is 1. The molecule has 2 aromatic carbocycles.